The Morgan fingerprint density at radius 1 is 1.15 bits per heavy atom. The molecule has 2 N–H and O–H groups in total. The molecule has 0 atom stereocenters. The van der Waals surface area contributed by atoms with Gasteiger partial charge in [0.2, 0.25) is 0 Å². The Kier molecular flexibility index (Phi) is 3.47. The predicted octanol–water partition coefficient (Wildman–Crippen LogP) is 3.94. The Morgan fingerprint density at radius 2 is 2.00 bits per heavy atom. The van der Waals surface area contributed by atoms with E-state index >= 15 is 0 Å². The molecule has 3 aromatic rings. The second-order valence-electron chi connectivity index (χ2n) is 4.75. The highest BCUT2D eigenvalue weighted by atomic mass is 35.5. The highest BCUT2D eigenvalue weighted by molar-refractivity contribution is 6.30. The molecular weight excluding hydrogens is 275 g/mol. The Hall–Kier alpha value is -1.84. The van der Waals surface area contributed by atoms with Crippen molar-refractivity contribution in [2.75, 3.05) is 0 Å². The van der Waals surface area contributed by atoms with E-state index in [1.165, 1.54) is 0 Å². The standard InChI is InChI=1S/C16H14ClFN2/c17-14-3-1-2-13(16(14)18)10-20-7-6-12-5-4-11(9-19)8-15(12)20/h1-8H,9-10,19H2. The summed E-state index contributed by atoms with van der Waals surface area (Å²) in [6.07, 6.45) is 1.95. The summed E-state index contributed by atoms with van der Waals surface area (Å²) in [5.74, 6) is -0.356. The van der Waals surface area contributed by atoms with Gasteiger partial charge in [0.15, 0.2) is 0 Å². The van der Waals surface area contributed by atoms with Crippen LogP contribution < -0.4 is 5.73 Å². The molecule has 3 rings (SSSR count). The van der Waals surface area contributed by atoms with Gasteiger partial charge in [-0.1, -0.05) is 35.9 Å². The molecule has 1 aromatic heterocycles. The zero-order valence-corrected chi connectivity index (χ0v) is 11.6. The van der Waals surface area contributed by atoms with Crippen molar-refractivity contribution >= 4 is 22.5 Å². The van der Waals surface area contributed by atoms with Gasteiger partial charge in [0, 0.05) is 23.8 Å². The summed E-state index contributed by atoms with van der Waals surface area (Å²) in [5.41, 5.74) is 8.35. The van der Waals surface area contributed by atoms with Crippen LogP contribution in [-0.4, -0.2) is 4.57 Å². The van der Waals surface area contributed by atoms with E-state index in [4.69, 9.17) is 17.3 Å². The number of benzene rings is 2. The van der Waals surface area contributed by atoms with Gasteiger partial charge in [0.05, 0.1) is 11.6 Å². The molecule has 0 spiro atoms. The van der Waals surface area contributed by atoms with Crippen molar-refractivity contribution in [1.82, 2.24) is 4.57 Å². The monoisotopic (exact) mass is 288 g/mol. The first-order valence-electron chi connectivity index (χ1n) is 6.40. The van der Waals surface area contributed by atoms with Crippen LogP contribution in [0.2, 0.25) is 5.02 Å². The SMILES string of the molecule is NCc1ccc2ccn(Cc3cccc(Cl)c3F)c2c1. The van der Waals surface area contributed by atoms with E-state index < -0.39 is 0 Å². The van der Waals surface area contributed by atoms with Crippen molar-refractivity contribution in [3.63, 3.8) is 0 Å². The maximum absolute atomic E-state index is 14.0. The van der Waals surface area contributed by atoms with Crippen LogP contribution in [-0.2, 0) is 13.1 Å². The molecule has 1 heterocycles. The van der Waals surface area contributed by atoms with Crippen molar-refractivity contribution in [2.45, 2.75) is 13.1 Å². The van der Waals surface area contributed by atoms with Gasteiger partial charge in [-0.15, -0.1) is 0 Å². The average molecular weight is 289 g/mol. The highest BCUT2D eigenvalue weighted by Crippen LogP contribution is 2.22. The Bertz CT molecular complexity index is 764. The molecule has 102 valence electrons. The number of rotatable bonds is 3. The first-order valence-corrected chi connectivity index (χ1v) is 6.77. The highest BCUT2D eigenvalue weighted by Gasteiger charge is 2.08. The van der Waals surface area contributed by atoms with Crippen LogP contribution in [0.15, 0.2) is 48.7 Å². The molecule has 0 unspecified atom stereocenters. The molecule has 0 aliphatic heterocycles. The molecule has 0 saturated carbocycles. The molecule has 20 heavy (non-hydrogen) atoms. The van der Waals surface area contributed by atoms with Crippen LogP contribution in [0.3, 0.4) is 0 Å². The van der Waals surface area contributed by atoms with E-state index in [1.807, 2.05) is 35.0 Å². The minimum atomic E-state index is -0.356. The summed E-state index contributed by atoms with van der Waals surface area (Å²) in [6.45, 7) is 0.941. The first-order chi connectivity index (χ1) is 9.69. The van der Waals surface area contributed by atoms with Crippen molar-refractivity contribution in [1.29, 1.82) is 0 Å². The maximum Gasteiger partial charge on any atom is 0.146 e. The van der Waals surface area contributed by atoms with Crippen LogP contribution >= 0.6 is 11.6 Å². The molecule has 0 aliphatic rings. The largest absolute Gasteiger partial charge is 0.343 e. The topological polar surface area (TPSA) is 30.9 Å². The van der Waals surface area contributed by atoms with Gasteiger partial charge in [0.1, 0.15) is 5.82 Å². The van der Waals surface area contributed by atoms with Crippen molar-refractivity contribution in [2.24, 2.45) is 5.73 Å². The lowest BCUT2D eigenvalue weighted by Gasteiger charge is -2.08. The molecule has 0 radical (unpaired) electrons. The molecule has 0 saturated heterocycles. The van der Waals surface area contributed by atoms with E-state index in [-0.39, 0.29) is 10.8 Å². The number of aromatic nitrogens is 1. The maximum atomic E-state index is 14.0. The van der Waals surface area contributed by atoms with E-state index in [2.05, 4.69) is 0 Å². The lowest BCUT2D eigenvalue weighted by molar-refractivity contribution is 0.602. The van der Waals surface area contributed by atoms with Crippen LogP contribution in [0.25, 0.3) is 10.9 Å². The minimum Gasteiger partial charge on any atom is -0.343 e. The number of fused-ring (bicyclic) bond motifs is 1. The number of halogens is 2. The van der Waals surface area contributed by atoms with Gasteiger partial charge in [-0.2, -0.15) is 0 Å². The molecule has 0 amide bonds. The van der Waals surface area contributed by atoms with Crippen LogP contribution in [0, 0.1) is 5.82 Å². The molecule has 0 bridgehead atoms. The summed E-state index contributed by atoms with van der Waals surface area (Å²) < 4.78 is 16.0. The van der Waals surface area contributed by atoms with Gasteiger partial charge >= 0.3 is 0 Å². The fourth-order valence-corrected chi connectivity index (χ4v) is 2.54. The summed E-state index contributed by atoms with van der Waals surface area (Å²) >= 11 is 5.82. The van der Waals surface area contributed by atoms with Crippen molar-refractivity contribution < 1.29 is 4.39 Å². The Labute approximate surface area is 121 Å². The minimum absolute atomic E-state index is 0.154. The number of hydrogen-bond acceptors (Lipinski definition) is 1. The van der Waals surface area contributed by atoms with Gasteiger partial charge in [0.25, 0.3) is 0 Å². The Balaban J connectivity index is 2.04. The second kappa shape index (κ2) is 5.27. The molecule has 4 heteroatoms. The third-order valence-corrected chi connectivity index (χ3v) is 3.74. The van der Waals surface area contributed by atoms with Crippen LogP contribution in [0.1, 0.15) is 11.1 Å². The van der Waals surface area contributed by atoms with E-state index in [0.29, 0.717) is 18.7 Å². The second-order valence-corrected chi connectivity index (χ2v) is 5.16. The molecular formula is C16H14ClFN2. The number of nitrogens with zero attached hydrogens (tertiary/aromatic N) is 1. The summed E-state index contributed by atoms with van der Waals surface area (Å²) in [6, 6.07) is 13.2. The predicted molar refractivity (Wildman–Crippen MR) is 80.3 cm³/mol. The van der Waals surface area contributed by atoms with E-state index in [0.717, 1.165) is 16.5 Å². The number of hydrogen-bond donors (Lipinski definition) is 1. The fourth-order valence-electron chi connectivity index (χ4n) is 2.35. The zero-order chi connectivity index (χ0) is 14.1. The van der Waals surface area contributed by atoms with Crippen molar-refractivity contribution in [3.05, 3.63) is 70.6 Å². The first kappa shape index (κ1) is 13.2. The smallest absolute Gasteiger partial charge is 0.146 e. The average Bonchev–Trinajstić information content (AvgIpc) is 2.86. The number of nitrogens with two attached hydrogens (primary N) is 1. The fraction of sp³-hybridized carbons (Fsp3) is 0.125. The van der Waals surface area contributed by atoms with Crippen LogP contribution in [0.5, 0.6) is 0 Å². The lowest BCUT2D eigenvalue weighted by atomic mass is 10.1. The molecule has 2 aromatic carbocycles. The summed E-state index contributed by atoms with van der Waals surface area (Å²) in [4.78, 5) is 0. The van der Waals surface area contributed by atoms with Crippen LogP contribution in [0.4, 0.5) is 4.39 Å². The van der Waals surface area contributed by atoms with Crippen molar-refractivity contribution in [3.8, 4) is 0 Å². The molecule has 0 fully saturated rings. The summed E-state index contributed by atoms with van der Waals surface area (Å²) in [5, 5.41) is 1.27. The van der Waals surface area contributed by atoms with Gasteiger partial charge in [-0.25, -0.2) is 4.39 Å². The van der Waals surface area contributed by atoms with E-state index in [9.17, 15) is 4.39 Å². The van der Waals surface area contributed by atoms with Gasteiger partial charge < -0.3 is 10.3 Å². The molecule has 2 nitrogen and oxygen atoms in total. The van der Waals surface area contributed by atoms with Gasteiger partial charge in [-0.3, -0.25) is 0 Å². The summed E-state index contributed by atoms with van der Waals surface area (Å²) in [7, 11) is 0. The molecule has 0 aliphatic carbocycles. The van der Waals surface area contributed by atoms with Gasteiger partial charge in [-0.05, 0) is 29.1 Å². The normalized spacial score (nSPS) is 11.2. The Morgan fingerprint density at radius 3 is 2.80 bits per heavy atom. The zero-order valence-electron chi connectivity index (χ0n) is 10.8. The third kappa shape index (κ3) is 2.30. The lowest BCUT2D eigenvalue weighted by Crippen LogP contribution is -2.02. The van der Waals surface area contributed by atoms with E-state index in [1.54, 1.807) is 18.2 Å². The third-order valence-electron chi connectivity index (χ3n) is 3.45. The quantitative estimate of drug-likeness (QED) is 0.777.